The van der Waals surface area contributed by atoms with Crippen LogP contribution in [0.2, 0.25) is 0 Å². The highest BCUT2D eigenvalue weighted by molar-refractivity contribution is 7.21. The highest BCUT2D eigenvalue weighted by Crippen LogP contribution is 2.35. The SMILES string of the molecule is Cc1cccc2c(N)c(C(=O)NCC(F)F)sc12. The zero-order valence-electron chi connectivity index (χ0n) is 9.67. The second-order valence-corrected chi connectivity index (χ2v) is 4.92. The molecular weight excluding hydrogens is 258 g/mol. The number of fused-ring (bicyclic) bond motifs is 1. The molecule has 0 aliphatic carbocycles. The minimum atomic E-state index is -2.56. The van der Waals surface area contributed by atoms with Gasteiger partial charge in [-0.1, -0.05) is 18.2 Å². The molecule has 0 spiro atoms. The lowest BCUT2D eigenvalue weighted by Crippen LogP contribution is -2.28. The van der Waals surface area contributed by atoms with Crippen LogP contribution in [0.5, 0.6) is 0 Å². The number of alkyl halides is 2. The van der Waals surface area contributed by atoms with E-state index in [1.165, 1.54) is 11.3 Å². The zero-order chi connectivity index (χ0) is 13.3. The molecule has 0 saturated heterocycles. The van der Waals surface area contributed by atoms with Gasteiger partial charge in [-0.2, -0.15) is 0 Å². The topological polar surface area (TPSA) is 55.1 Å². The van der Waals surface area contributed by atoms with E-state index in [1.807, 2.05) is 25.1 Å². The van der Waals surface area contributed by atoms with Gasteiger partial charge in [0.05, 0.1) is 12.2 Å². The molecule has 2 rings (SSSR count). The van der Waals surface area contributed by atoms with Crippen molar-refractivity contribution in [3.63, 3.8) is 0 Å². The minimum Gasteiger partial charge on any atom is -0.397 e. The lowest BCUT2D eigenvalue weighted by atomic mass is 10.1. The quantitative estimate of drug-likeness (QED) is 0.901. The van der Waals surface area contributed by atoms with E-state index in [-0.39, 0.29) is 0 Å². The van der Waals surface area contributed by atoms with E-state index < -0.39 is 18.9 Å². The van der Waals surface area contributed by atoms with E-state index in [0.29, 0.717) is 10.6 Å². The molecule has 0 radical (unpaired) electrons. The molecule has 1 amide bonds. The maximum atomic E-state index is 12.0. The molecule has 0 fully saturated rings. The Kier molecular flexibility index (Phi) is 3.47. The van der Waals surface area contributed by atoms with Gasteiger partial charge < -0.3 is 11.1 Å². The van der Waals surface area contributed by atoms with E-state index in [1.54, 1.807) is 0 Å². The molecule has 0 aliphatic rings. The number of aryl methyl sites for hydroxylation is 1. The molecule has 0 bridgehead atoms. The fourth-order valence-corrected chi connectivity index (χ4v) is 2.80. The number of rotatable bonds is 3. The lowest BCUT2D eigenvalue weighted by molar-refractivity contribution is 0.0896. The number of hydrogen-bond donors (Lipinski definition) is 2. The Labute approximate surface area is 107 Å². The normalized spacial score (nSPS) is 11.1. The van der Waals surface area contributed by atoms with Gasteiger partial charge in [-0.3, -0.25) is 4.79 Å². The number of halogens is 2. The molecule has 18 heavy (non-hydrogen) atoms. The van der Waals surface area contributed by atoms with Gasteiger partial charge in [0, 0.05) is 10.1 Å². The van der Waals surface area contributed by atoms with E-state index in [0.717, 1.165) is 15.6 Å². The fraction of sp³-hybridized carbons (Fsp3) is 0.250. The summed E-state index contributed by atoms with van der Waals surface area (Å²) < 4.78 is 25.0. The van der Waals surface area contributed by atoms with Crippen LogP contribution in [-0.2, 0) is 0 Å². The van der Waals surface area contributed by atoms with Crippen molar-refractivity contribution in [1.82, 2.24) is 5.32 Å². The Morgan fingerprint density at radius 1 is 1.50 bits per heavy atom. The average Bonchev–Trinajstić information content (AvgIpc) is 2.66. The predicted molar refractivity (Wildman–Crippen MR) is 69.3 cm³/mol. The number of thiophene rings is 1. The van der Waals surface area contributed by atoms with Crippen LogP contribution in [0.15, 0.2) is 18.2 Å². The van der Waals surface area contributed by atoms with Crippen LogP contribution in [0.1, 0.15) is 15.2 Å². The molecule has 6 heteroatoms. The standard InChI is InChI=1S/C12H12F2N2OS/c1-6-3-2-4-7-9(15)11(18-10(6)7)12(17)16-5-8(13)14/h2-4,8H,5,15H2,1H3,(H,16,17). The molecule has 0 atom stereocenters. The Bertz CT molecular complexity index is 595. The predicted octanol–water partition coefficient (Wildman–Crippen LogP) is 2.79. The summed E-state index contributed by atoms with van der Waals surface area (Å²) in [5.74, 6) is -0.548. The summed E-state index contributed by atoms with van der Waals surface area (Å²) in [5.41, 5.74) is 7.24. The van der Waals surface area contributed by atoms with Crippen molar-refractivity contribution < 1.29 is 13.6 Å². The third-order valence-electron chi connectivity index (χ3n) is 2.57. The highest BCUT2D eigenvalue weighted by atomic mass is 32.1. The Hall–Kier alpha value is -1.69. The van der Waals surface area contributed by atoms with E-state index in [9.17, 15) is 13.6 Å². The van der Waals surface area contributed by atoms with Crippen LogP contribution in [0.25, 0.3) is 10.1 Å². The van der Waals surface area contributed by atoms with Crippen molar-refractivity contribution in [2.45, 2.75) is 13.3 Å². The van der Waals surface area contributed by atoms with Crippen LogP contribution in [-0.4, -0.2) is 18.9 Å². The maximum absolute atomic E-state index is 12.0. The molecule has 0 unspecified atom stereocenters. The summed E-state index contributed by atoms with van der Waals surface area (Å²) in [7, 11) is 0. The smallest absolute Gasteiger partial charge is 0.263 e. The van der Waals surface area contributed by atoms with Crippen molar-refractivity contribution in [1.29, 1.82) is 0 Å². The van der Waals surface area contributed by atoms with Crippen molar-refractivity contribution in [2.24, 2.45) is 0 Å². The van der Waals surface area contributed by atoms with Crippen molar-refractivity contribution >= 4 is 33.0 Å². The first-order chi connectivity index (χ1) is 8.50. The van der Waals surface area contributed by atoms with Gasteiger partial charge in [0.1, 0.15) is 4.88 Å². The number of anilines is 1. The Balaban J connectivity index is 2.37. The number of nitrogen functional groups attached to an aromatic ring is 1. The molecule has 1 aromatic carbocycles. The summed E-state index contributed by atoms with van der Waals surface area (Å²) in [6.45, 7) is 1.25. The van der Waals surface area contributed by atoms with E-state index in [4.69, 9.17) is 5.73 Å². The molecule has 2 aromatic rings. The highest BCUT2D eigenvalue weighted by Gasteiger charge is 2.17. The number of hydrogen-bond acceptors (Lipinski definition) is 3. The molecule has 0 saturated carbocycles. The second kappa shape index (κ2) is 4.89. The van der Waals surface area contributed by atoms with Gasteiger partial charge >= 0.3 is 0 Å². The minimum absolute atomic E-state index is 0.292. The molecule has 1 heterocycles. The van der Waals surface area contributed by atoms with E-state index >= 15 is 0 Å². The number of carbonyl (C=O) groups is 1. The van der Waals surface area contributed by atoms with Gasteiger partial charge in [-0.25, -0.2) is 8.78 Å². The fourth-order valence-electron chi connectivity index (χ4n) is 1.70. The van der Waals surface area contributed by atoms with Gasteiger partial charge in [-0.05, 0) is 12.5 Å². The number of amides is 1. The molecule has 1 aromatic heterocycles. The molecule has 0 aliphatic heterocycles. The third-order valence-corrected chi connectivity index (χ3v) is 3.93. The Morgan fingerprint density at radius 3 is 2.83 bits per heavy atom. The average molecular weight is 270 g/mol. The maximum Gasteiger partial charge on any atom is 0.263 e. The molecule has 3 nitrogen and oxygen atoms in total. The van der Waals surface area contributed by atoms with Crippen LogP contribution in [0.4, 0.5) is 14.5 Å². The summed E-state index contributed by atoms with van der Waals surface area (Å²) in [4.78, 5) is 12.0. The molecule has 96 valence electrons. The number of nitrogens with one attached hydrogen (secondary N) is 1. The monoisotopic (exact) mass is 270 g/mol. The molecule has 3 N–H and O–H groups in total. The summed E-state index contributed by atoms with van der Waals surface area (Å²) in [6.07, 6.45) is -2.56. The Morgan fingerprint density at radius 2 is 2.22 bits per heavy atom. The summed E-state index contributed by atoms with van der Waals surface area (Å²) >= 11 is 1.23. The first-order valence-corrected chi connectivity index (χ1v) is 6.16. The summed E-state index contributed by atoms with van der Waals surface area (Å²) in [6, 6.07) is 5.58. The second-order valence-electron chi connectivity index (χ2n) is 3.90. The third kappa shape index (κ3) is 2.28. The number of carbonyl (C=O) groups excluding carboxylic acids is 1. The summed E-state index contributed by atoms with van der Waals surface area (Å²) in [5, 5.41) is 2.95. The van der Waals surface area contributed by atoms with Gasteiger partial charge in [0.2, 0.25) is 0 Å². The van der Waals surface area contributed by atoms with Gasteiger partial charge in [0.15, 0.2) is 0 Å². The van der Waals surface area contributed by atoms with Crippen LogP contribution in [0, 0.1) is 6.92 Å². The lowest BCUT2D eigenvalue weighted by Gasteiger charge is -2.02. The number of benzene rings is 1. The van der Waals surface area contributed by atoms with Crippen molar-refractivity contribution in [3.05, 3.63) is 28.6 Å². The van der Waals surface area contributed by atoms with Crippen molar-refractivity contribution in [3.8, 4) is 0 Å². The zero-order valence-corrected chi connectivity index (χ0v) is 10.5. The van der Waals surface area contributed by atoms with E-state index in [2.05, 4.69) is 5.32 Å². The van der Waals surface area contributed by atoms with Crippen molar-refractivity contribution in [2.75, 3.05) is 12.3 Å². The van der Waals surface area contributed by atoms with Crippen LogP contribution in [0.3, 0.4) is 0 Å². The number of nitrogens with two attached hydrogens (primary N) is 1. The van der Waals surface area contributed by atoms with Gasteiger partial charge in [-0.15, -0.1) is 11.3 Å². The first-order valence-electron chi connectivity index (χ1n) is 5.34. The largest absolute Gasteiger partial charge is 0.397 e. The van der Waals surface area contributed by atoms with Crippen LogP contribution >= 0.6 is 11.3 Å². The first kappa shape index (κ1) is 12.8. The molecular formula is C12H12F2N2OS. The van der Waals surface area contributed by atoms with Crippen LogP contribution < -0.4 is 11.1 Å². The van der Waals surface area contributed by atoms with Gasteiger partial charge in [0.25, 0.3) is 12.3 Å².